The number of pyridine rings is 1. The number of rotatable bonds is 5. The molecule has 174 valence electrons. The number of aryl methyl sites for hydroxylation is 3. The van der Waals surface area contributed by atoms with E-state index in [9.17, 15) is 4.79 Å². The van der Waals surface area contributed by atoms with Crippen molar-refractivity contribution in [3.63, 3.8) is 0 Å². The molecule has 3 aromatic heterocycles. The molecule has 0 radical (unpaired) electrons. The van der Waals surface area contributed by atoms with Gasteiger partial charge in [-0.1, -0.05) is 18.0 Å². The van der Waals surface area contributed by atoms with E-state index in [2.05, 4.69) is 14.8 Å². The molecule has 1 saturated carbocycles. The Bertz CT molecular complexity index is 1370. The summed E-state index contributed by atoms with van der Waals surface area (Å²) in [5, 5.41) is 9.03. The van der Waals surface area contributed by atoms with E-state index < -0.39 is 0 Å². The molecule has 1 aliphatic heterocycles. The van der Waals surface area contributed by atoms with Crippen LogP contribution in [-0.4, -0.2) is 41.6 Å². The number of carbonyl (C=O) groups is 1. The molecular formula is C25H25ClN6O2. The van der Waals surface area contributed by atoms with Crippen LogP contribution in [-0.2, 0) is 19.5 Å². The van der Waals surface area contributed by atoms with Crippen LogP contribution >= 0.6 is 11.6 Å². The first kappa shape index (κ1) is 21.3. The van der Waals surface area contributed by atoms with Crippen LogP contribution in [0.5, 0.6) is 0 Å². The number of nitrogens with zero attached hydrogens (tertiary/aromatic N) is 6. The zero-order valence-corrected chi connectivity index (χ0v) is 19.8. The summed E-state index contributed by atoms with van der Waals surface area (Å²) in [5.74, 6) is 1.79. The lowest BCUT2D eigenvalue weighted by atomic mass is 10.1. The second-order valence-corrected chi connectivity index (χ2v) is 9.58. The molecule has 0 spiro atoms. The van der Waals surface area contributed by atoms with Gasteiger partial charge >= 0.3 is 0 Å². The molecule has 34 heavy (non-hydrogen) atoms. The summed E-state index contributed by atoms with van der Waals surface area (Å²) in [5.41, 5.74) is 3.73. The van der Waals surface area contributed by atoms with E-state index in [0.29, 0.717) is 27.9 Å². The van der Waals surface area contributed by atoms with E-state index in [-0.39, 0.29) is 18.5 Å². The molecule has 1 amide bonds. The van der Waals surface area contributed by atoms with Gasteiger partial charge in [0.2, 0.25) is 11.8 Å². The van der Waals surface area contributed by atoms with Crippen LogP contribution in [0, 0.1) is 6.92 Å². The van der Waals surface area contributed by atoms with Crippen LogP contribution in [0.1, 0.15) is 59.9 Å². The van der Waals surface area contributed by atoms with E-state index in [1.165, 1.54) is 6.42 Å². The van der Waals surface area contributed by atoms with Crippen molar-refractivity contribution in [1.82, 2.24) is 29.6 Å². The molecule has 6 rings (SSSR count). The lowest BCUT2D eigenvalue weighted by molar-refractivity contribution is 0.0716. The van der Waals surface area contributed by atoms with Crippen molar-refractivity contribution in [1.29, 1.82) is 0 Å². The van der Waals surface area contributed by atoms with Crippen molar-refractivity contribution >= 4 is 28.7 Å². The standard InChI is InChI=1S/C25H25ClN6O2/c1-15-13-19(22-23(27-15)31-12-4-2-3-5-20(31)28-22)25(33)32(18-10-11-18)14-21-29-30-24(34-21)16-6-8-17(26)9-7-16/h6-9,13,18H,2-5,10-12,14H2,1H3. The summed E-state index contributed by atoms with van der Waals surface area (Å²) in [7, 11) is 0. The molecule has 0 saturated heterocycles. The van der Waals surface area contributed by atoms with Gasteiger partial charge < -0.3 is 13.9 Å². The summed E-state index contributed by atoms with van der Waals surface area (Å²) in [6, 6.07) is 9.27. The summed E-state index contributed by atoms with van der Waals surface area (Å²) < 4.78 is 8.10. The van der Waals surface area contributed by atoms with E-state index >= 15 is 0 Å². The van der Waals surface area contributed by atoms with E-state index in [4.69, 9.17) is 26.0 Å². The Morgan fingerprint density at radius 1 is 1.15 bits per heavy atom. The minimum atomic E-state index is -0.0579. The summed E-state index contributed by atoms with van der Waals surface area (Å²) in [6.45, 7) is 3.10. The molecule has 9 heteroatoms. The number of imidazole rings is 1. The SMILES string of the molecule is Cc1cc(C(=O)N(Cc2nnc(-c3ccc(Cl)cc3)o2)C2CC2)c2nc3n(c2n1)CCCCC3. The molecule has 8 nitrogen and oxygen atoms in total. The normalized spacial score (nSPS) is 15.8. The minimum absolute atomic E-state index is 0.0579. The van der Waals surface area contributed by atoms with Crippen LogP contribution < -0.4 is 0 Å². The number of amides is 1. The number of aromatic nitrogens is 5. The first-order valence-electron chi connectivity index (χ1n) is 11.8. The third-order valence-corrected chi connectivity index (χ3v) is 6.79. The highest BCUT2D eigenvalue weighted by atomic mass is 35.5. The lowest BCUT2D eigenvalue weighted by Crippen LogP contribution is -2.33. The highest BCUT2D eigenvalue weighted by molar-refractivity contribution is 6.30. The van der Waals surface area contributed by atoms with Crippen molar-refractivity contribution in [3.8, 4) is 11.5 Å². The number of hydrogen-bond donors (Lipinski definition) is 0. The summed E-state index contributed by atoms with van der Waals surface area (Å²) >= 11 is 5.98. The fraction of sp³-hybridized carbons (Fsp3) is 0.400. The van der Waals surface area contributed by atoms with Gasteiger partial charge in [-0.15, -0.1) is 10.2 Å². The molecule has 0 bridgehead atoms. The monoisotopic (exact) mass is 476 g/mol. The first-order chi connectivity index (χ1) is 16.6. The van der Waals surface area contributed by atoms with Crippen molar-refractivity contribution < 1.29 is 9.21 Å². The van der Waals surface area contributed by atoms with Crippen molar-refractivity contribution in [2.75, 3.05) is 0 Å². The van der Waals surface area contributed by atoms with E-state index in [1.807, 2.05) is 30.0 Å². The summed E-state index contributed by atoms with van der Waals surface area (Å²) in [4.78, 5) is 25.3. The number of halogens is 1. The van der Waals surface area contributed by atoms with Crippen LogP contribution in [0.15, 0.2) is 34.7 Å². The third kappa shape index (κ3) is 3.96. The second kappa shape index (κ2) is 8.51. The Morgan fingerprint density at radius 3 is 2.76 bits per heavy atom. The molecule has 4 heterocycles. The van der Waals surface area contributed by atoms with Gasteiger partial charge in [-0.2, -0.15) is 0 Å². The molecule has 0 N–H and O–H groups in total. The van der Waals surface area contributed by atoms with Gasteiger partial charge in [0.1, 0.15) is 11.3 Å². The third-order valence-electron chi connectivity index (χ3n) is 6.54. The molecule has 2 aliphatic rings. The summed E-state index contributed by atoms with van der Waals surface area (Å²) in [6.07, 6.45) is 6.28. The van der Waals surface area contributed by atoms with Crippen molar-refractivity contribution in [3.05, 3.63) is 58.3 Å². The lowest BCUT2D eigenvalue weighted by Gasteiger charge is -2.21. The van der Waals surface area contributed by atoms with Gasteiger partial charge in [-0.05, 0) is 62.9 Å². The Morgan fingerprint density at radius 2 is 1.97 bits per heavy atom. The Balaban J connectivity index is 1.32. The maximum Gasteiger partial charge on any atom is 0.256 e. The average molecular weight is 477 g/mol. The van der Waals surface area contributed by atoms with Crippen molar-refractivity contribution in [2.45, 2.75) is 64.6 Å². The van der Waals surface area contributed by atoms with Gasteiger partial charge in [0.15, 0.2) is 5.65 Å². The zero-order chi connectivity index (χ0) is 23.2. The highest BCUT2D eigenvalue weighted by Gasteiger charge is 2.36. The van der Waals surface area contributed by atoms with E-state index in [0.717, 1.165) is 61.4 Å². The zero-order valence-electron chi connectivity index (χ0n) is 19.0. The molecular weight excluding hydrogens is 452 g/mol. The highest BCUT2D eigenvalue weighted by Crippen LogP contribution is 2.32. The Labute approximate surface area is 202 Å². The predicted octanol–water partition coefficient (Wildman–Crippen LogP) is 4.97. The number of carbonyl (C=O) groups excluding carboxylic acids is 1. The molecule has 1 fully saturated rings. The predicted molar refractivity (Wildman–Crippen MR) is 127 cm³/mol. The smallest absolute Gasteiger partial charge is 0.256 e. The Kier molecular flexibility index (Phi) is 5.32. The van der Waals surface area contributed by atoms with Gasteiger partial charge in [0.05, 0.1) is 12.1 Å². The fourth-order valence-corrected chi connectivity index (χ4v) is 4.78. The molecule has 1 aromatic carbocycles. The molecule has 4 aromatic rings. The Hall–Kier alpha value is -3.26. The van der Waals surface area contributed by atoms with Gasteiger partial charge in [0.25, 0.3) is 5.91 Å². The van der Waals surface area contributed by atoms with Crippen LogP contribution in [0.25, 0.3) is 22.6 Å². The van der Waals surface area contributed by atoms with Gasteiger partial charge in [-0.25, -0.2) is 9.97 Å². The molecule has 0 atom stereocenters. The van der Waals surface area contributed by atoms with Crippen molar-refractivity contribution in [2.24, 2.45) is 0 Å². The minimum Gasteiger partial charge on any atom is -0.419 e. The van der Waals surface area contributed by atoms with E-state index in [1.54, 1.807) is 12.1 Å². The first-order valence-corrected chi connectivity index (χ1v) is 12.2. The maximum atomic E-state index is 13.8. The number of hydrogen-bond acceptors (Lipinski definition) is 6. The number of benzene rings is 1. The van der Waals surface area contributed by atoms with Crippen LogP contribution in [0.2, 0.25) is 5.02 Å². The number of fused-ring (bicyclic) bond motifs is 3. The fourth-order valence-electron chi connectivity index (χ4n) is 4.66. The van der Waals surface area contributed by atoms with Gasteiger partial charge in [0, 0.05) is 35.3 Å². The maximum absolute atomic E-state index is 13.8. The van der Waals surface area contributed by atoms with Crippen LogP contribution in [0.4, 0.5) is 0 Å². The second-order valence-electron chi connectivity index (χ2n) is 9.15. The quantitative estimate of drug-likeness (QED) is 0.403. The van der Waals surface area contributed by atoms with Gasteiger partial charge in [-0.3, -0.25) is 4.79 Å². The largest absolute Gasteiger partial charge is 0.419 e. The molecule has 0 unspecified atom stereocenters. The topological polar surface area (TPSA) is 89.9 Å². The van der Waals surface area contributed by atoms with Crippen LogP contribution in [0.3, 0.4) is 0 Å². The average Bonchev–Trinajstić information content (AvgIpc) is 3.54. The molecule has 1 aliphatic carbocycles.